The molecular formula is C7H12N2O2. The van der Waals surface area contributed by atoms with E-state index in [9.17, 15) is 0 Å². The zero-order chi connectivity index (χ0) is 8.27. The van der Waals surface area contributed by atoms with Gasteiger partial charge in [-0.2, -0.15) is 0 Å². The van der Waals surface area contributed by atoms with Crippen LogP contribution in [0.15, 0.2) is 10.3 Å². The van der Waals surface area contributed by atoms with Crippen LogP contribution in [0.25, 0.3) is 0 Å². The molecule has 0 aliphatic heterocycles. The molecule has 0 aromatic heterocycles. The second-order valence-corrected chi connectivity index (χ2v) is 2.94. The molecule has 2 N–H and O–H groups in total. The van der Waals surface area contributed by atoms with Crippen LogP contribution in [-0.4, -0.2) is 21.8 Å². The van der Waals surface area contributed by atoms with Gasteiger partial charge in [-0.3, -0.25) is 0 Å². The quantitative estimate of drug-likeness (QED) is 0.412. The molecule has 0 amide bonds. The lowest BCUT2D eigenvalue weighted by atomic mass is 9.88. The molecule has 1 aliphatic carbocycles. The van der Waals surface area contributed by atoms with E-state index in [4.69, 9.17) is 10.4 Å². The van der Waals surface area contributed by atoms with Crippen LogP contribution in [0.1, 0.15) is 26.2 Å². The molecule has 4 heteroatoms. The Labute approximate surface area is 65.2 Å². The summed E-state index contributed by atoms with van der Waals surface area (Å²) in [6.07, 6.45) is 2.41. The number of rotatable bonds is 0. The van der Waals surface area contributed by atoms with Gasteiger partial charge in [0.05, 0.1) is 0 Å². The Kier molecular flexibility index (Phi) is 2.46. The van der Waals surface area contributed by atoms with Gasteiger partial charge >= 0.3 is 0 Å². The number of hydrogen-bond acceptors (Lipinski definition) is 4. The predicted octanol–water partition coefficient (Wildman–Crippen LogP) is 1.47. The normalized spacial score (nSPS) is 33.0. The molecule has 0 saturated heterocycles. The van der Waals surface area contributed by atoms with Gasteiger partial charge in [0.1, 0.15) is 11.4 Å². The molecule has 62 valence electrons. The molecular weight excluding hydrogens is 144 g/mol. The first-order valence-corrected chi connectivity index (χ1v) is 3.70. The van der Waals surface area contributed by atoms with Crippen LogP contribution in [0.3, 0.4) is 0 Å². The lowest BCUT2D eigenvalue weighted by Gasteiger charge is -2.18. The Morgan fingerprint density at radius 3 is 2.45 bits per heavy atom. The Bertz CT molecular complexity index is 199. The molecule has 11 heavy (non-hydrogen) atoms. The lowest BCUT2D eigenvalue weighted by molar-refractivity contribution is 0.308. The molecule has 0 bridgehead atoms. The number of hydrogen-bond donors (Lipinski definition) is 2. The highest BCUT2D eigenvalue weighted by molar-refractivity contribution is 6.42. The molecule has 1 saturated carbocycles. The molecule has 0 radical (unpaired) electrons. The fraction of sp³-hybridized carbons (Fsp3) is 0.714. The highest BCUT2D eigenvalue weighted by Crippen LogP contribution is 2.19. The van der Waals surface area contributed by atoms with E-state index >= 15 is 0 Å². The van der Waals surface area contributed by atoms with E-state index < -0.39 is 0 Å². The molecule has 0 spiro atoms. The third-order valence-electron chi connectivity index (χ3n) is 1.99. The van der Waals surface area contributed by atoms with Crippen molar-refractivity contribution >= 4 is 11.4 Å². The van der Waals surface area contributed by atoms with Crippen molar-refractivity contribution in [1.82, 2.24) is 0 Å². The highest BCUT2D eigenvalue weighted by Gasteiger charge is 2.20. The molecule has 0 unspecified atom stereocenters. The fourth-order valence-electron chi connectivity index (χ4n) is 1.28. The van der Waals surface area contributed by atoms with Crippen molar-refractivity contribution in [3.8, 4) is 0 Å². The van der Waals surface area contributed by atoms with Crippen molar-refractivity contribution < 1.29 is 10.4 Å². The number of oxime groups is 2. The largest absolute Gasteiger partial charge is 0.411 e. The molecule has 0 aromatic rings. The SMILES string of the molecule is C[C@@H]1CCC(=N\O)/C(=N\O)C1. The molecule has 0 aromatic carbocycles. The fourth-order valence-corrected chi connectivity index (χ4v) is 1.28. The first-order valence-electron chi connectivity index (χ1n) is 3.70. The van der Waals surface area contributed by atoms with E-state index in [0.717, 1.165) is 6.42 Å². The highest BCUT2D eigenvalue weighted by atomic mass is 16.4. The minimum absolute atomic E-state index is 0.519. The topological polar surface area (TPSA) is 65.2 Å². The maximum absolute atomic E-state index is 8.51. The van der Waals surface area contributed by atoms with Crippen molar-refractivity contribution in [2.24, 2.45) is 16.2 Å². The molecule has 0 heterocycles. The Morgan fingerprint density at radius 2 is 1.91 bits per heavy atom. The maximum atomic E-state index is 8.51. The molecule has 1 rings (SSSR count). The van der Waals surface area contributed by atoms with Gasteiger partial charge in [-0.15, -0.1) is 0 Å². The summed E-state index contributed by atoms with van der Waals surface area (Å²) in [7, 11) is 0. The van der Waals surface area contributed by atoms with E-state index in [1.165, 1.54) is 0 Å². The smallest absolute Gasteiger partial charge is 0.105 e. The summed E-state index contributed by atoms with van der Waals surface area (Å²) in [4.78, 5) is 0. The Balaban J connectivity index is 2.72. The van der Waals surface area contributed by atoms with Crippen molar-refractivity contribution in [1.29, 1.82) is 0 Å². The van der Waals surface area contributed by atoms with Crippen molar-refractivity contribution in [2.45, 2.75) is 26.2 Å². The molecule has 1 atom stereocenters. The van der Waals surface area contributed by atoms with Gasteiger partial charge in [0.2, 0.25) is 0 Å². The average Bonchev–Trinajstić information content (AvgIpc) is 2.04. The maximum Gasteiger partial charge on any atom is 0.105 e. The van der Waals surface area contributed by atoms with Crippen LogP contribution in [0.5, 0.6) is 0 Å². The van der Waals surface area contributed by atoms with E-state index in [1.807, 2.05) is 0 Å². The van der Waals surface area contributed by atoms with E-state index in [0.29, 0.717) is 30.2 Å². The van der Waals surface area contributed by atoms with Crippen LogP contribution in [0.4, 0.5) is 0 Å². The van der Waals surface area contributed by atoms with Crippen molar-refractivity contribution in [3.05, 3.63) is 0 Å². The van der Waals surface area contributed by atoms with Crippen LogP contribution < -0.4 is 0 Å². The summed E-state index contributed by atoms with van der Waals surface area (Å²) < 4.78 is 0. The van der Waals surface area contributed by atoms with Crippen LogP contribution in [-0.2, 0) is 0 Å². The van der Waals surface area contributed by atoms with Gasteiger partial charge in [-0.05, 0) is 25.2 Å². The summed E-state index contributed by atoms with van der Waals surface area (Å²) in [5.41, 5.74) is 1.04. The zero-order valence-electron chi connectivity index (χ0n) is 6.49. The van der Waals surface area contributed by atoms with Gasteiger partial charge in [0.25, 0.3) is 0 Å². The lowest BCUT2D eigenvalue weighted by Crippen LogP contribution is -2.23. The van der Waals surface area contributed by atoms with Crippen molar-refractivity contribution in [2.75, 3.05) is 0 Å². The first-order chi connectivity index (χ1) is 5.27. The Morgan fingerprint density at radius 1 is 1.27 bits per heavy atom. The zero-order valence-corrected chi connectivity index (χ0v) is 6.49. The Hall–Kier alpha value is -1.06. The van der Waals surface area contributed by atoms with Crippen LogP contribution in [0.2, 0.25) is 0 Å². The second kappa shape index (κ2) is 3.37. The third-order valence-corrected chi connectivity index (χ3v) is 1.99. The summed E-state index contributed by atoms with van der Waals surface area (Å²) in [6, 6.07) is 0. The van der Waals surface area contributed by atoms with Gasteiger partial charge in [-0.25, -0.2) is 0 Å². The van der Waals surface area contributed by atoms with E-state index in [-0.39, 0.29) is 0 Å². The average molecular weight is 156 g/mol. The van der Waals surface area contributed by atoms with Gasteiger partial charge in [-0.1, -0.05) is 17.2 Å². The molecule has 1 aliphatic rings. The number of nitrogens with zero attached hydrogens (tertiary/aromatic N) is 2. The summed E-state index contributed by atoms with van der Waals surface area (Å²) in [5.74, 6) is 0.520. The van der Waals surface area contributed by atoms with Gasteiger partial charge in [0.15, 0.2) is 0 Å². The van der Waals surface area contributed by atoms with Crippen molar-refractivity contribution in [3.63, 3.8) is 0 Å². The van der Waals surface area contributed by atoms with E-state index in [2.05, 4.69) is 17.2 Å². The summed E-state index contributed by atoms with van der Waals surface area (Å²) >= 11 is 0. The van der Waals surface area contributed by atoms with Crippen LogP contribution in [0, 0.1) is 5.92 Å². The van der Waals surface area contributed by atoms with Gasteiger partial charge < -0.3 is 10.4 Å². The molecule has 4 nitrogen and oxygen atoms in total. The monoisotopic (exact) mass is 156 g/mol. The summed E-state index contributed by atoms with van der Waals surface area (Å²) in [5, 5.41) is 23.1. The van der Waals surface area contributed by atoms with E-state index in [1.54, 1.807) is 0 Å². The van der Waals surface area contributed by atoms with Crippen LogP contribution >= 0.6 is 0 Å². The second-order valence-electron chi connectivity index (χ2n) is 2.94. The predicted molar refractivity (Wildman–Crippen MR) is 41.5 cm³/mol. The molecule has 1 fully saturated rings. The summed E-state index contributed by atoms with van der Waals surface area (Å²) in [6.45, 7) is 2.08. The first kappa shape index (κ1) is 8.04. The van der Waals surface area contributed by atoms with Gasteiger partial charge in [0, 0.05) is 0 Å². The minimum Gasteiger partial charge on any atom is -0.411 e. The minimum atomic E-state index is 0.519. The third kappa shape index (κ3) is 1.69. The standard InChI is InChI=1S/C7H12N2O2/c1-5-2-3-6(8-10)7(4-5)9-11/h5,10-11H,2-4H2,1H3/b8-6+,9-7-/t5-/m1/s1.